The summed E-state index contributed by atoms with van der Waals surface area (Å²) in [6.07, 6.45) is 0.689. The predicted molar refractivity (Wildman–Crippen MR) is 115 cm³/mol. The summed E-state index contributed by atoms with van der Waals surface area (Å²) in [7, 11) is 4.69. The van der Waals surface area contributed by atoms with Crippen LogP contribution in [0.15, 0.2) is 33.5 Å². The molecule has 0 saturated carbocycles. The first-order valence-corrected chi connectivity index (χ1v) is 9.84. The lowest BCUT2D eigenvalue weighted by molar-refractivity contribution is 0.288. The van der Waals surface area contributed by atoms with Crippen LogP contribution in [-0.4, -0.2) is 28.1 Å². The molecule has 30 heavy (non-hydrogen) atoms. The molecule has 0 saturated heterocycles. The molecule has 1 aromatic heterocycles. The van der Waals surface area contributed by atoms with Gasteiger partial charge in [0.05, 0.1) is 38.5 Å². The number of nitrogens with zero attached hydrogens (tertiary/aromatic N) is 1. The Bertz CT molecular complexity index is 1150. The molecule has 0 radical (unpaired) electrons. The van der Waals surface area contributed by atoms with Crippen molar-refractivity contribution >= 4 is 28.3 Å². The van der Waals surface area contributed by atoms with Crippen LogP contribution in [0.1, 0.15) is 18.1 Å². The number of hydrogen-bond donors (Lipinski definition) is 0. The van der Waals surface area contributed by atoms with Crippen LogP contribution in [-0.2, 0) is 13.0 Å². The van der Waals surface area contributed by atoms with Crippen molar-refractivity contribution in [1.29, 1.82) is 0 Å². The molecule has 0 amide bonds. The lowest BCUT2D eigenvalue weighted by atomic mass is 10.0. The van der Waals surface area contributed by atoms with Crippen molar-refractivity contribution in [2.45, 2.75) is 19.9 Å². The molecule has 0 spiro atoms. The van der Waals surface area contributed by atoms with Gasteiger partial charge < -0.3 is 28.3 Å². The lowest BCUT2D eigenvalue weighted by Crippen LogP contribution is -2.32. The Kier molecular flexibility index (Phi) is 5.39. The first kappa shape index (κ1) is 20.2. The van der Waals surface area contributed by atoms with Gasteiger partial charge >= 0.3 is 5.63 Å². The Hall–Kier alpha value is -3.06. The van der Waals surface area contributed by atoms with Crippen molar-refractivity contribution < 1.29 is 23.4 Å². The monoisotopic (exact) mass is 431 g/mol. The Labute approximate surface area is 178 Å². The zero-order valence-electron chi connectivity index (χ0n) is 17.2. The third kappa shape index (κ3) is 3.29. The Morgan fingerprint density at radius 3 is 2.37 bits per heavy atom. The molecule has 8 heteroatoms. The zero-order chi connectivity index (χ0) is 21.4. The van der Waals surface area contributed by atoms with Crippen LogP contribution in [0.25, 0.3) is 11.0 Å². The van der Waals surface area contributed by atoms with Gasteiger partial charge in [-0.1, -0.05) is 18.5 Å². The molecule has 2 aromatic carbocycles. The van der Waals surface area contributed by atoms with Crippen LogP contribution in [0.5, 0.6) is 23.0 Å². The fourth-order valence-corrected chi connectivity index (χ4v) is 4.04. The smallest absolute Gasteiger partial charge is 0.336 e. The highest BCUT2D eigenvalue weighted by atomic mass is 35.5. The molecule has 1 aliphatic heterocycles. The predicted octanol–water partition coefficient (Wildman–Crippen LogP) is 4.39. The highest BCUT2D eigenvalue weighted by Gasteiger charge is 2.27. The van der Waals surface area contributed by atoms with Crippen LogP contribution in [0.3, 0.4) is 0 Å². The SMILES string of the molecule is CCc1cc(=O)oc2c3c(c(Cl)cc12)OCN(c1cc(OC)c(OC)c(OC)c1)C3. The van der Waals surface area contributed by atoms with E-state index in [0.717, 1.165) is 22.2 Å². The Morgan fingerprint density at radius 2 is 1.77 bits per heavy atom. The van der Waals surface area contributed by atoms with Crippen molar-refractivity contribution in [2.75, 3.05) is 33.0 Å². The van der Waals surface area contributed by atoms with E-state index in [9.17, 15) is 4.79 Å². The standard InChI is InChI=1S/C22H22ClNO6/c1-5-12-6-19(25)30-20-14(12)9-16(23)21-15(20)10-24(11-29-21)13-7-17(26-2)22(28-4)18(8-13)27-3/h6-9H,5,10-11H2,1-4H3. The van der Waals surface area contributed by atoms with Gasteiger partial charge in [0.2, 0.25) is 5.75 Å². The minimum absolute atomic E-state index is 0.258. The fraction of sp³-hybridized carbons (Fsp3) is 0.318. The van der Waals surface area contributed by atoms with Crippen molar-refractivity contribution in [3.63, 3.8) is 0 Å². The van der Waals surface area contributed by atoms with Crippen LogP contribution >= 0.6 is 11.6 Å². The van der Waals surface area contributed by atoms with Gasteiger partial charge in [-0.2, -0.15) is 0 Å². The molecule has 7 nitrogen and oxygen atoms in total. The van der Waals surface area contributed by atoms with E-state index in [2.05, 4.69) is 0 Å². The molecular weight excluding hydrogens is 410 g/mol. The van der Waals surface area contributed by atoms with Gasteiger partial charge in [-0.3, -0.25) is 0 Å². The second-order valence-electron chi connectivity index (χ2n) is 6.84. The second kappa shape index (κ2) is 7.99. The van der Waals surface area contributed by atoms with Gasteiger partial charge in [0.1, 0.15) is 11.3 Å². The highest BCUT2D eigenvalue weighted by molar-refractivity contribution is 6.33. The van der Waals surface area contributed by atoms with Gasteiger partial charge in [0.15, 0.2) is 18.2 Å². The van der Waals surface area contributed by atoms with Crippen molar-refractivity contribution in [3.8, 4) is 23.0 Å². The van der Waals surface area contributed by atoms with Gasteiger partial charge in [-0.25, -0.2) is 4.79 Å². The summed E-state index contributed by atoms with van der Waals surface area (Å²) in [6.45, 7) is 2.68. The van der Waals surface area contributed by atoms with E-state index in [-0.39, 0.29) is 6.73 Å². The molecule has 0 atom stereocenters. The van der Waals surface area contributed by atoms with E-state index in [1.54, 1.807) is 27.4 Å². The molecular formula is C22H22ClNO6. The quantitative estimate of drug-likeness (QED) is 0.555. The number of aryl methyl sites for hydroxylation is 1. The number of fused-ring (bicyclic) bond motifs is 3. The van der Waals surface area contributed by atoms with E-state index < -0.39 is 5.63 Å². The van der Waals surface area contributed by atoms with E-state index in [4.69, 9.17) is 35.0 Å². The normalized spacial score (nSPS) is 13.0. The Morgan fingerprint density at radius 1 is 1.07 bits per heavy atom. The third-order valence-corrected chi connectivity index (χ3v) is 5.51. The van der Waals surface area contributed by atoms with E-state index in [1.165, 1.54) is 6.07 Å². The van der Waals surface area contributed by atoms with Crippen LogP contribution in [0, 0.1) is 0 Å². The largest absolute Gasteiger partial charge is 0.493 e. The highest BCUT2D eigenvalue weighted by Crippen LogP contribution is 2.44. The van der Waals surface area contributed by atoms with Crippen molar-refractivity contribution in [2.24, 2.45) is 0 Å². The summed E-state index contributed by atoms with van der Waals surface area (Å²) in [6, 6.07) is 6.99. The topological polar surface area (TPSA) is 70.4 Å². The summed E-state index contributed by atoms with van der Waals surface area (Å²) < 4.78 is 27.9. The number of rotatable bonds is 5. The van der Waals surface area contributed by atoms with Crippen molar-refractivity contribution in [1.82, 2.24) is 0 Å². The maximum absolute atomic E-state index is 12.1. The Balaban J connectivity index is 1.85. The molecule has 3 aromatic rings. The maximum atomic E-state index is 12.1. The van der Waals surface area contributed by atoms with E-state index in [1.807, 2.05) is 24.0 Å². The molecule has 2 heterocycles. The maximum Gasteiger partial charge on any atom is 0.336 e. The number of hydrogen-bond acceptors (Lipinski definition) is 7. The average Bonchev–Trinajstić information content (AvgIpc) is 2.77. The molecule has 1 aliphatic rings. The van der Waals surface area contributed by atoms with E-state index >= 15 is 0 Å². The average molecular weight is 432 g/mol. The lowest BCUT2D eigenvalue weighted by Gasteiger charge is -2.32. The summed E-state index contributed by atoms with van der Waals surface area (Å²) >= 11 is 6.50. The minimum atomic E-state index is -0.395. The summed E-state index contributed by atoms with van der Waals surface area (Å²) in [4.78, 5) is 14.1. The van der Waals surface area contributed by atoms with Gasteiger partial charge in [0.25, 0.3) is 0 Å². The molecule has 0 bridgehead atoms. The number of anilines is 1. The first-order valence-electron chi connectivity index (χ1n) is 9.46. The number of benzene rings is 2. The second-order valence-corrected chi connectivity index (χ2v) is 7.25. The third-order valence-electron chi connectivity index (χ3n) is 5.23. The molecule has 158 valence electrons. The summed E-state index contributed by atoms with van der Waals surface area (Å²) in [5, 5.41) is 1.31. The first-order chi connectivity index (χ1) is 14.5. The molecule has 0 unspecified atom stereocenters. The van der Waals surface area contributed by atoms with Crippen molar-refractivity contribution in [3.05, 3.63) is 50.8 Å². The fourth-order valence-electron chi connectivity index (χ4n) is 3.76. The zero-order valence-corrected chi connectivity index (χ0v) is 18.0. The van der Waals surface area contributed by atoms with Gasteiger partial charge in [0, 0.05) is 29.3 Å². The molecule has 0 N–H and O–H groups in total. The summed E-state index contributed by atoms with van der Waals surface area (Å²) in [5.41, 5.74) is 2.52. The van der Waals surface area contributed by atoms with Crippen LogP contribution < -0.4 is 29.5 Å². The van der Waals surface area contributed by atoms with Crippen LogP contribution in [0.2, 0.25) is 5.02 Å². The number of ether oxygens (including phenoxy) is 4. The minimum Gasteiger partial charge on any atom is -0.493 e. The van der Waals surface area contributed by atoms with Gasteiger partial charge in [-0.15, -0.1) is 0 Å². The molecule has 4 rings (SSSR count). The molecule has 0 aliphatic carbocycles. The van der Waals surface area contributed by atoms with E-state index in [0.29, 0.717) is 46.6 Å². The van der Waals surface area contributed by atoms with Gasteiger partial charge in [-0.05, 0) is 18.1 Å². The number of halogens is 1. The van der Waals surface area contributed by atoms with Crippen LogP contribution in [0.4, 0.5) is 5.69 Å². The summed E-state index contributed by atoms with van der Waals surface area (Å²) in [5.74, 6) is 2.11. The molecule has 0 fully saturated rings. The number of methoxy groups -OCH3 is 3.